The Balaban J connectivity index is 2.94. The quantitative estimate of drug-likeness (QED) is 0.770. The van der Waals surface area contributed by atoms with Gasteiger partial charge >= 0.3 is 0 Å². The van der Waals surface area contributed by atoms with Gasteiger partial charge in [0.2, 0.25) is 0 Å². The van der Waals surface area contributed by atoms with Crippen LogP contribution in [0.2, 0.25) is 0 Å². The van der Waals surface area contributed by atoms with E-state index >= 15 is 0 Å². The first-order valence-electron chi connectivity index (χ1n) is 5.01. The Bertz CT molecular complexity index is 289. The van der Waals surface area contributed by atoms with Crippen molar-refractivity contribution in [1.82, 2.24) is 0 Å². The lowest BCUT2D eigenvalue weighted by Crippen LogP contribution is -2.18. The fourth-order valence-corrected chi connectivity index (χ4v) is 1.64. The average molecular weight is 193 g/mol. The van der Waals surface area contributed by atoms with Gasteiger partial charge in [0.25, 0.3) is 0 Å². The van der Waals surface area contributed by atoms with Crippen LogP contribution in [0.3, 0.4) is 0 Å². The maximum absolute atomic E-state index is 9.96. The Morgan fingerprint density at radius 3 is 2.14 bits per heavy atom. The molecule has 0 spiro atoms. The van der Waals surface area contributed by atoms with E-state index in [2.05, 4.69) is 6.07 Å². The Morgan fingerprint density at radius 2 is 1.71 bits per heavy atom. The molecule has 1 aromatic rings. The average Bonchev–Trinajstić information content (AvgIpc) is 2.14. The predicted molar refractivity (Wildman–Crippen MR) is 59.1 cm³/mol. The smallest absolute Gasteiger partial charge is 0.0827 e. The summed E-state index contributed by atoms with van der Waals surface area (Å²) in [6.07, 6.45) is -0.446. The largest absolute Gasteiger partial charge is 0.388 e. The molecular weight excluding hydrogens is 174 g/mol. The highest BCUT2D eigenvalue weighted by atomic mass is 16.3. The molecule has 0 aliphatic heterocycles. The van der Waals surface area contributed by atoms with Crippen LogP contribution < -0.4 is 5.73 Å². The van der Waals surface area contributed by atoms with E-state index in [0.717, 1.165) is 5.56 Å². The zero-order valence-electron chi connectivity index (χ0n) is 9.12. The minimum Gasteiger partial charge on any atom is -0.388 e. The van der Waals surface area contributed by atoms with E-state index in [1.54, 1.807) is 0 Å². The van der Waals surface area contributed by atoms with E-state index in [9.17, 15) is 5.11 Å². The molecule has 0 bridgehead atoms. The normalized spacial score (nSPS) is 15.2. The van der Waals surface area contributed by atoms with E-state index in [-0.39, 0.29) is 5.92 Å². The van der Waals surface area contributed by atoms with E-state index < -0.39 is 6.10 Å². The van der Waals surface area contributed by atoms with Crippen LogP contribution in [0.1, 0.15) is 29.7 Å². The second kappa shape index (κ2) is 4.58. The van der Waals surface area contributed by atoms with Crippen molar-refractivity contribution in [1.29, 1.82) is 0 Å². The van der Waals surface area contributed by atoms with Crippen LogP contribution in [0.15, 0.2) is 18.2 Å². The fraction of sp³-hybridized carbons (Fsp3) is 0.500. The van der Waals surface area contributed by atoms with Crippen molar-refractivity contribution in [3.63, 3.8) is 0 Å². The van der Waals surface area contributed by atoms with Gasteiger partial charge in [0.1, 0.15) is 0 Å². The third kappa shape index (κ3) is 2.56. The van der Waals surface area contributed by atoms with Crippen LogP contribution in [-0.2, 0) is 0 Å². The van der Waals surface area contributed by atoms with Gasteiger partial charge in [-0.15, -0.1) is 0 Å². The van der Waals surface area contributed by atoms with Crippen molar-refractivity contribution in [2.24, 2.45) is 11.7 Å². The third-order valence-corrected chi connectivity index (χ3v) is 2.50. The molecule has 2 atom stereocenters. The third-order valence-electron chi connectivity index (χ3n) is 2.50. The van der Waals surface area contributed by atoms with Crippen molar-refractivity contribution in [2.75, 3.05) is 6.54 Å². The molecule has 0 saturated carbocycles. The molecule has 2 nitrogen and oxygen atoms in total. The molecule has 0 aromatic heterocycles. The van der Waals surface area contributed by atoms with Crippen LogP contribution in [0.4, 0.5) is 0 Å². The molecule has 1 rings (SSSR count). The first-order chi connectivity index (χ1) is 6.54. The zero-order chi connectivity index (χ0) is 10.7. The molecule has 0 aliphatic rings. The summed E-state index contributed by atoms with van der Waals surface area (Å²) >= 11 is 0. The predicted octanol–water partition coefficient (Wildman–Crippen LogP) is 1.93. The molecule has 0 radical (unpaired) electrons. The Morgan fingerprint density at radius 1 is 1.21 bits per heavy atom. The maximum atomic E-state index is 9.96. The summed E-state index contributed by atoms with van der Waals surface area (Å²) in [5, 5.41) is 9.96. The minimum atomic E-state index is -0.446. The number of nitrogens with two attached hydrogens (primary N) is 1. The van der Waals surface area contributed by atoms with E-state index in [0.29, 0.717) is 6.54 Å². The molecule has 78 valence electrons. The van der Waals surface area contributed by atoms with Gasteiger partial charge in [-0.05, 0) is 31.9 Å². The molecule has 2 heteroatoms. The number of aliphatic hydroxyl groups excluding tert-OH is 1. The molecule has 0 saturated heterocycles. The summed E-state index contributed by atoms with van der Waals surface area (Å²) in [7, 11) is 0. The van der Waals surface area contributed by atoms with Gasteiger partial charge in [0.15, 0.2) is 0 Å². The fourth-order valence-electron chi connectivity index (χ4n) is 1.64. The first kappa shape index (κ1) is 11.2. The molecule has 0 aliphatic carbocycles. The van der Waals surface area contributed by atoms with Gasteiger partial charge < -0.3 is 10.8 Å². The Kier molecular flexibility index (Phi) is 3.67. The molecule has 3 N–H and O–H groups in total. The van der Waals surface area contributed by atoms with Crippen molar-refractivity contribution in [3.05, 3.63) is 34.9 Å². The molecule has 14 heavy (non-hydrogen) atoms. The Hall–Kier alpha value is -0.860. The SMILES string of the molecule is Cc1cc(C)cc(C(O)C(C)CN)c1. The second-order valence-electron chi connectivity index (χ2n) is 4.08. The maximum Gasteiger partial charge on any atom is 0.0827 e. The van der Waals surface area contributed by atoms with Crippen LogP contribution >= 0.6 is 0 Å². The highest BCUT2D eigenvalue weighted by Crippen LogP contribution is 2.22. The number of hydrogen-bond acceptors (Lipinski definition) is 2. The summed E-state index contributed by atoms with van der Waals surface area (Å²) in [5.74, 6) is 0.108. The van der Waals surface area contributed by atoms with Crippen molar-refractivity contribution < 1.29 is 5.11 Å². The molecule has 2 unspecified atom stereocenters. The van der Waals surface area contributed by atoms with Gasteiger partial charge in [-0.1, -0.05) is 36.2 Å². The van der Waals surface area contributed by atoms with Crippen LogP contribution in [0, 0.1) is 19.8 Å². The number of aryl methyl sites for hydroxylation is 2. The first-order valence-corrected chi connectivity index (χ1v) is 5.01. The summed E-state index contributed by atoms with van der Waals surface area (Å²) < 4.78 is 0. The lowest BCUT2D eigenvalue weighted by Gasteiger charge is -2.18. The van der Waals surface area contributed by atoms with Crippen molar-refractivity contribution in [3.8, 4) is 0 Å². The van der Waals surface area contributed by atoms with E-state index in [4.69, 9.17) is 5.73 Å². The zero-order valence-corrected chi connectivity index (χ0v) is 9.12. The summed E-state index contributed by atoms with van der Waals surface area (Å²) in [5.41, 5.74) is 8.87. The van der Waals surface area contributed by atoms with Crippen LogP contribution in [0.25, 0.3) is 0 Å². The van der Waals surface area contributed by atoms with Gasteiger partial charge in [-0.25, -0.2) is 0 Å². The van der Waals surface area contributed by atoms with E-state index in [1.807, 2.05) is 32.9 Å². The number of aliphatic hydroxyl groups is 1. The Labute approximate surface area is 85.8 Å². The van der Waals surface area contributed by atoms with E-state index in [1.165, 1.54) is 11.1 Å². The molecule has 1 aromatic carbocycles. The molecule has 0 fully saturated rings. The number of rotatable bonds is 3. The van der Waals surface area contributed by atoms with Crippen LogP contribution in [-0.4, -0.2) is 11.7 Å². The van der Waals surface area contributed by atoms with Gasteiger partial charge in [0.05, 0.1) is 6.10 Å². The van der Waals surface area contributed by atoms with Gasteiger partial charge in [-0.3, -0.25) is 0 Å². The number of hydrogen-bond donors (Lipinski definition) is 2. The topological polar surface area (TPSA) is 46.2 Å². The highest BCUT2D eigenvalue weighted by molar-refractivity contribution is 5.30. The van der Waals surface area contributed by atoms with Crippen molar-refractivity contribution >= 4 is 0 Å². The van der Waals surface area contributed by atoms with Crippen molar-refractivity contribution in [2.45, 2.75) is 26.9 Å². The molecule has 0 heterocycles. The second-order valence-corrected chi connectivity index (χ2v) is 4.08. The standard InChI is InChI=1S/C12H19NO/c1-8-4-9(2)6-11(5-8)12(14)10(3)7-13/h4-6,10,12,14H,7,13H2,1-3H3. The lowest BCUT2D eigenvalue weighted by molar-refractivity contribution is 0.121. The molecule has 0 amide bonds. The highest BCUT2D eigenvalue weighted by Gasteiger charge is 2.14. The summed E-state index contributed by atoms with van der Waals surface area (Å²) in [6, 6.07) is 6.14. The number of benzene rings is 1. The molecular formula is C12H19NO. The minimum absolute atomic E-state index is 0.108. The monoisotopic (exact) mass is 193 g/mol. The van der Waals surface area contributed by atoms with Gasteiger partial charge in [0, 0.05) is 0 Å². The van der Waals surface area contributed by atoms with Crippen LogP contribution in [0.5, 0.6) is 0 Å². The lowest BCUT2D eigenvalue weighted by atomic mass is 9.95. The summed E-state index contributed by atoms with van der Waals surface area (Å²) in [4.78, 5) is 0. The van der Waals surface area contributed by atoms with Gasteiger partial charge in [-0.2, -0.15) is 0 Å². The summed E-state index contributed by atoms with van der Waals surface area (Å²) in [6.45, 7) is 6.54.